The number of halogens is 1. The molecule has 1 unspecified atom stereocenters. The summed E-state index contributed by atoms with van der Waals surface area (Å²) in [6.07, 6.45) is 1.60. The molecule has 1 atom stereocenters. The van der Waals surface area contributed by atoms with Crippen LogP contribution in [0.1, 0.15) is 49.5 Å². The number of aromatic nitrogens is 1. The van der Waals surface area contributed by atoms with Crippen molar-refractivity contribution >= 4 is 22.5 Å². The van der Waals surface area contributed by atoms with Gasteiger partial charge in [-0.15, -0.1) is 0 Å². The summed E-state index contributed by atoms with van der Waals surface area (Å²) >= 11 is 6.07. The zero-order valence-corrected chi connectivity index (χ0v) is 18.6. The van der Waals surface area contributed by atoms with Gasteiger partial charge >= 0.3 is 0 Å². The molecule has 4 heteroatoms. The Morgan fingerprint density at radius 1 is 1.00 bits per heavy atom. The van der Waals surface area contributed by atoms with E-state index in [0.717, 1.165) is 59.2 Å². The van der Waals surface area contributed by atoms with Crippen molar-refractivity contribution in [3.63, 3.8) is 0 Å². The predicted molar refractivity (Wildman–Crippen MR) is 124 cm³/mol. The lowest BCUT2D eigenvalue weighted by atomic mass is 9.96. The molecule has 0 fully saturated rings. The second-order valence-electron chi connectivity index (χ2n) is 7.82. The number of hydrogen-bond acceptors (Lipinski definition) is 3. The summed E-state index contributed by atoms with van der Waals surface area (Å²) in [7, 11) is 0. The van der Waals surface area contributed by atoms with Gasteiger partial charge in [0.25, 0.3) is 0 Å². The Kier molecular flexibility index (Phi) is 7.28. The first kappa shape index (κ1) is 21.8. The highest BCUT2D eigenvalue weighted by Gasteiger charge is 2.19. The summed E-state index contributed by atoms with van der Waals surface area (Å²) in [5.74, 6) is 0. The van der Waals surface area contributed by atoms with E-state index in [2.05, 4.69) is 44.7 Å². The molecule has 3 aromatic rings. The van der Waals surface area contributed by atoms with Crippen LogP contribution in [0.4, 0.5) is 0 Å². The maximum atomic E-state index is 11.2. The lowest BCUT2D eigenvalue weighted by Gasteiger charge is -2.25. The van der Waals surface area contributed by atoms with Gasteiger partial charge in [-0.25, -0.2) is 4.98 Å². The van der Waals surface area contributed by atoms with Crippen LogP contribution in [-0.4, -0.2) is 34.6 Å². The number of aliphatic hydroxyl groups is 1. The summed E-state index contributed by atoms with van der Waals surface area (Å²) in [6, 6.07) is 14.0. The fourth-order valence-electron chi connectivity index (χ4n) is 3.87. The number of benzene rings is 2. The molecule has 0 spiro atoms. The Bertz CT molecular complexity index is 963. The van der Waals surface area contributed by atoms with Gasteiger partial charge in [-0.2, -0.15) is 0 Å². The molecule has 1 N–H and O–H groups in total. The summed E-state index contributed by atoms with van der Waals surface area (Å²) < 4.78 is 0. The molecule has 0 aliphatic heterocycles. The van der Waals surface area contributed by atoms with Crippen LogP contribution in [-0.2, 0) is 0 Å². The van der Waals surface area contributed by atoms with Gasteiger partial charge < -0.3 is 10.0 Å². The van der Waals surface area contributed by atoms with Crippen molar-refractivity contribution in [3.8, 4) is 11.3 Å². The summed E-state index contributed by atoms with van der Waals surface area (Å²) in [5.41, 5.74) is 6.14. The Morgan fingerprint density at radius 2 is 1.66 bits per heavy atom. The van der Waals surface area contributed by atoms with Crippen LogP contribution in [0, 0.1) is 13.8 Å². The van der Waals surface area contributed by atoms with Crippen LogP contribution >= 0.6 is 11.6 Å². The summed E-state index contributed by atoms with van der Waals surface area (Å²) in [4.78, 5) is 7.31. The predicted octanol–water partition coefficient (Wildman–Crippen LogP) is 6.33. The molecule has 0 saturated carbocycles. The minimum Gasteiger partial charge on any atom is -0.387 e. The zero-order valence-electron chi connectivity index (χ0n) is 17.9. The first-order valence-electron chi connectivity index (χ1n) is 10.5. The molecule has 29 heavy (non-hydrogen) atoms. The number of pyridine rings is 1. The second kappa shape index (κ2) is 9.71. The van der Waals surface area contributed by atoms with E-state index in [1.165, 1.54) is 5.56 Å². The number of aliphatic hydroxyl groups excluding tert-OH is 1. The number of rotatable bonds is 8. The van der Waals surface area contributed by atoms with Crippen LogP contribution in [0.5, 0.6) is 0 Å². The van der Waals surface area contributed by atoms with Crippen molar-refractivity contribution in [1.29, 1.82) is 0 Å². The van der Waals surface area contributed by atoms with Gasteiger partial charge in [-0.3, -0.25) is 0 Å². The lowest BCUT2D eigenvalue weighted by molar-refractivity contribution is 0.114. The smallest absolute Gasteiger partial charge is 0.0924 e. The average molecular weight is 411 g/mol. The topological polar surface area (TPSA) is 36.4 Å². The van der Waals surface area contributed by atoms with Crippen molar-refractivity contribution in [3.05, 3.63) is 64.2 Å². The Balaban J connectivity index is 2.11. The molecule has 1 aromatic heterocycles. The van der Waals surface area contributed by atoms with E-state index in [-0.39, 0.29) is 0 Å². The van der Waals surface area contributed by atoms with Crippen molar-refractivity contribution in [2.24, 2.45) is 0 Å². The van der Waals surface area contributed by atoms with E-state index < -0.39 is 6.10 Å². The van der Waals surface area contributed by atoms with Gasteiger partial charge in [0.05, 0.1) is 17.3 Å². The van der Waals surface area contributed by atoms with Crippen molar-refractivity contribution in [1.82, 2.24) is 9.88 Å². The first-order valence-corrected chi connectivity index (χ1v) is 10.9. The monoisotopic (exact) mass is 410 g/mol. The number of hydrogen-bond donors (Lipinski definition) is 1. The molecule has 0 radical (unpaired) electrons. The maximum Gasteiger partial charge on any atom is 0.0924 e. The lowest BCUT2D eigenvalue weighted by Crippen LogP contribution is -2.30. The number of fused-ring (bicyclic) bond motifs is 1. The van der Waals surface area contributed by atoms with Crippen LogP contribution in [0.15, 0.2) is 42.5 Å². The molecule has 0 aliphatic rings. The van der Waals surface area contributed by atoms with E-state index in [4.69, 9.17) is 16.6 Å². The van der Waals surface area contributed by atoms with Crippen LogP contribution in [0.25, 0.3) is 22.2 Å². The standard InChI is InChI=1S/C25H31ClN2O/c1-5-13-28(14-6-2)16-24(29)22-15-23(19-8-10-20(26)11-9-19)27-25-18(4)17(3)7-12-21(22)25/h7-12,15,24,29H,5-6,13-14,16H2,1-4H3. The van der Waals surface area contributed by atoms with Gasteiger partial charge in [0.15, 0.2) is 0 Å². The summed E-state index contributed by atoms with van der Waals surface area (Å²) in [5, 5.41) is 13.0. The third kappa shape index (κ3) is 4.98. The van der Waals surface area contributed by atoms with E-state index >= 15 is 0 Å². The molecule has 1 heterocycles. The van der Waals surface area contributed by atoms with E-state index in [1.54, 1.807) is 0 Å². The first-order chi connectivity index (χ1) is 13.9. The van der Waals surface area contributed by atoms with Gasteiger partial charge in [0.2, 0.25) is 0 Å². The third-order valence-electron chi connectivity index (χ3n) is 5.55. The molecule has 0 bridgehead atoms. The van der Waals surface area contributed by atoms with Crippen molar-refractivity contribution < 1.29 is 5.11 Å². The molecule has 3 nitrogen and oxygen atoms in total. The van der Waals surface area contributed by atoms with Gasteiger partial charge in [-0.05, 0) is 74.7 Å². The van der Waals surface area contributed by atoms with Gasteiger partial charge in [0, 0.05) is 22.5 Å². The Hall–Kier alpha value is -1.94. The second-order valence-corrected chi connectivity index (χ2v) is 8.26. The maximum absolute atomic E-state index is 11.2. The SMILES string of the molecule is CCCN(CCC)CC(O)c1cc(-c2ccc(Cl)cc2)nc2c(C)c(C)ccc12. The molecule has 0 amide bonds. The van der Waals surface area contributed by atoms with Crippen LogP contribution in [0.2, 0.25) is 5.02 Å². The fraction of sp³-hybridized carbons (Fsp3) is 0.400. The molecular weight excluding hydrogens is 380 g/mol. The van der Waals surface area contributed by atoms with Gasteiger partial charge in [-0.1, -0.05) is 49.7 Å². The highest BCUT2D eigenvalue weighted by Crippen LogP contribution is 2.32. The van der Waals surface area contributed by atoms with Crippen LogP contribution < -0.4 is 0 Å². The van der Waals surface area contributed by atoms with E-state index in [9.17, 15) is 5.11 Å². The molecular formula is C25H31ClN2O. The molecule has 0 saturated heterocycles. The quantitative estimate of drug-likeness (QED) is 0.471. The third-order valence-corrected chi connectivity index (χ3v) is 5.80. The normalized spacial score (nSPS) is 12.7. The van der Waals surface area contributed by atoms with Crippen LogP contribution in [0.3, 0.4) is 0 Å². The molecule has 154 valence electrons. The summed E-state index contributed by atoms with van der Waals surface area (Å²) in [6.45, 7) is 11.2. The highest BCUT2D eigenvalue weighted by atomic mass is 35.5. The molecule has 0 aliphatic carbocycles. The number of nitrogens with zero attached hydrogens (tertiary/aromatic N) is 2. The Labute approximate surface area is 179 Å². The zero-order chi connectivity index (χ0) is 21.0. The molecule has 2 aromatic carbocycles. The van der Waals surface area contributed by atoms with Gasteiger partial charge in [0.1, 0.15) is 0 Å². The fourth-order valence-corrected chi connectivity index (χ4v) is 4.00. The largest absolute Gasteiger partial charge is 0.387 e. The minimum absolute atomic E-state index is 0.563. The van der Waals surface area contributed by atoms with Crippen molar-refractivity contribution in [2.45, 2.75) is 46.6 Å². The number of aryl methyl sites for hydroxylation is 2. The van der Waals surface area contributed by atoms with E-state index in [1.807, 2.05) is 30.3 Å². The Morgan fingerprint density at radius 3 is 2.28 bits per heavy atom. The minimum atomic E-state index is -0.563. The van der Waals surface area contributed by atoms with E-state index in [0.29, 0.717) is 11.6 Å². The highest BCUT2D eigenvalue weighted by molar-refractivity contribution is 6.30. The van der Waals surface area contributed by atoms with Crippen molar-refractivity contribution in [2.75, 3.05) is 19.6 Å². The molecule has 3 rings (SSSR count). The average Bonchev–Trinajstić information content (AvgIpc) is 2.71.